The standard InChI is InChI=1S/C20H32N6O2/c21-17(13-15-7-3-1-4-8-15)19(28)26-12-10-16(14-26)25-18(27)9-5-2-6-11-24-20(22)23/h1,3-4,7-8,16-17H,2,5-6,9-14,21H2,(H,25,27)(H4,22,23,24)/t16?,17-/m0/s1. The van der Waals surface area contributed by atoms with Gasteiger partial charge in [-0.1, -0.05) is 36.8 Å². The van der Waals surface area contributed by atoms with E-state index in [0.29, 0.717) is 32.5 Å². The third-order valence-electron chi connectivity index (χ3n) is 4.84. The fraction of sp³-hybridized carbons (Fsp3) is 0.550. The van der Waals surface area contributed by atoms with Crippen molar-refractivity contribution in [1.82, 2.24) is 10.2 Å². The van der Waals surface area contributed by atoms with Crippen LogP contribution in [0.4, 0.5) is 0 Å². The normalized spacial score (nSPS) is 17.2. The van der Waals surface area contributed by atoms with Crippen molar-refractivity contribution >= 4 is 17.8 Å². The summed E-state index contributed by atoms with van der Waals surface area (Å²) >= 11 is 0. The van der Waals surface area contributed by atoms with Crippen LogP contribution in [-0.4, -0.2) is 54.4 Å². The van der Waals surface area contributed by atoms with Crippen LogP contribution in [0.3, 0.4) is 0 Å². The predicted molar refractivity (Wildman–Crippen MR) is 110 cm³/mol. The van der Waals surface area contributed by atoms with Gasteiger partial charge in [0.2, 0.25) is 11.8 Å². The first-order chi connectivity index (χ1) is 13.5. The molecule has 1 heterocycles. The van der Waals surface area contributed by atoms with Gasteiger partial charge in [0.15, 0.2) is 5.96 Å². The Labute approximate surface area is 166 Å². The molecule has 1 aliphatic heterocycles. The van der Waals surface area contributed by atoms with E-state index in [9.17, 15) is 9.59 Å². The molecule has 154 valence electrons. The third-order valence-corrected chi connectivity index (χ3v) is 4.84. The summed E-state index contributed by atoms with van der Waals surface area (Å²) in [5, 5.41) is 3.02. The maximum atomic E-state index is 12.6. The highest BCUT2D eigenvalue weighted by atomic mass is 16.2. The van der Waals surface area contributed by atoms with Crippen molar-refractivity contribution in [1.29, 1.82) is 0 Å². The van der Waals surface area contributed by atoms with Gasteiger partial charge in [0.05, 0.1) is 6.04 Å². The zero-order valence-corrected chi connectivity index (χ0v) is 16.3. The molecule has 8 nitrogen and oxygen atoms in total. The monoisotopic (exact) mass is 388 g/mol. The molecular formula is C20H32N6O2. The highest BCUT2D eigenvalue weighted by Gasteiger charge is 2.30. The maximum absolute atomic E-state index is 12.6. The number of guanidine groups is 1. The second-order valence-electron chi connectivity index (χ2n) is 7.25. The molecule has 1 fully saturated rings. The minimum atomic E-state index is -0.554. The number of nitrogens with one attached hydrogen (secondary N) is 1. The second kappa shape index (κ2) is 11.3. The van der Waals surface area contributed by atoms with Crippen LogP contribution in [0.25, 0.3) is 0 Å². The summed E-state index contributed by atoms with van der Waals surface area (Å²) < 4.78 is 0. The molecule has 8 heteroatoms. The third kappa shape index (κ3) is 7.56. The van der Waals surface area contributed by atoms with Crippen LogP contribution in [0, 0.1) is 0 Å². The number of unbranched alkanes of at least 4 members (excludes halogenated alkanes) is 2. The lowest BCUT2D eigenvalue weighted by molar-refractivity contribution is -0.131. The van der Waals surface area contributed by atoms with Gasteiger partial charge in [-0.3, -0.25) is 14.6 Å². The van der Waals surface area contributed by atoms with Crippen LogP contribution >= 0.6 is 0 Å². The fourth-order valence-electron chi connectivity index (χ4n) is 3.35. The Balaban J connectivity index is 1.65. The predicted octanol–water partition coefficient (Wildman–Crippen LogP) is 0.107. The zero-order valence-electron chi connectivity index (χ0n) is 16.3. The summed E-state index contributed by atoms with van der Waals surface area (Å²) in [6.07, 6.45) is 4.31. The molecule has 0 saturated carbocycles. The van der Waals surface area contributed by atoms with Crippen LogP contribution in [0.1, 0.15) is 37.7 Å². The minimum Gasteiger partial charge on any atom is -0.370 e. The summed E-state index contributed by atoms with van der Waals surface area (Å²) in [6, 6.07) is 9.21. The number of hydrogen-bond acceptors (Lipinski definition) is 4. The molecule has 2 amide bonds. The lowest BCUT2D eigenvalue weighted by atomic mass is 10.1. The summed E-state index contributed by atoms with van der Waals surface area (Å²) in [7, 11) is 0. The topological polar surface area (TPSA) is 140 Å². The molecule has 28 heavy (non-hydrogen) atoms. The number of likely N-dealkylation sites (tertiary alicyclic amines) is 1. The van der Waals surface area contributed by atoms with Crippen molar-refractivity contribution in [3.05, 3.63) is 35.9 Å². The molecule has 1 aliphatic rings. The van der Waals surface area contributed by atoms with Crippen molar-refractivity contribution in [3.8, 4) is 0 Å². The van der Waals surface area contributed by atoms with Gasteiger partial charge < -0.3 is 27.4 Å². The van der Waals surface area contributed by atoms with E-state index in [4.69, 9.17) is 17.2 Å². The lowest BCUT2D eigenvalue weighted by Crippen LogP contribution is -2.45. The average molecular weight is 389 g/mol. The van der Waals surface area contributed by atoms with Gasteiger partial charge in [-0.25, -0.2) is 0 Å². The molecule has 1 aromatic rings. The van der Waals surface area contributed by atoms with E-state index in [2.05, 4.69) is 10.3 Å². The Morgan fingerprint density at radius 2 is 1.93 bits per heavy atom. The molecule has 7 N–H and O–H groups in total. The first kappa shape index (κ1) is 21.7. The summed E-state index contributed by atoms with van der Waals surface area (Å²) in [5.74, 6) is 0.0663. The Hall–Kier alpha value is -2.61. The van der Waals surface area contributed by atoms with Gasteiger partial charge >= 0.3 is 0 Å². The van der Waals surface area contributed by atoms with Crippen molar-refractivity contribution in [2.24, 2.45) is 22.2 Å². The van der Waals surface area contributed by atoms with Gasteiger partial charge in [-0.2, -0.15) is 0 Å². The number of nitrogens with two attached hydrogens (primary N) is 3. The van der Waals surface area contributed by atoms with Crippen LogP contribution in [0.5, 0.6) is 0 Å². The molecule has 1 saturated heterocycles. The molecule has 2 atom stereocenters. The summed E-state index contributed by atoms with van der Waals surface area (Å²) in [5.41, 5.74) is 17.7. The summed E-state index contributed by atoms with van der Waals surface area (Å²) in [4.78, 5) is 30.3. The molecule has 0 spiro atoms. The Morgan fingerprint density at radius 3 is 2.64 bits per heavy atom. The highest BCUT2D eigenvalue weighted by molar-refractivity contribution is 5.82. The van der Waals surface area contributed by atoms with Crippen LogP contribution in [0.2, 0.25) is 0 Å². The minimum absolute atomic E-state index is 0.00186. The van der Waals surface area contributed by atoms with E-state index in [-0.39, 0.29) is 23.8 Å². The number of amides is 2. The van der Waals surface area contributed by atoms with E-state index in [1.165, 1.54) is 0 Å². The molecule has 1 aromatic carbocycles. The van der Waals surface area contributed by atoms with Gasteiger partial charge in [0.1, 0.15) is 0 Å². The van der Waals surface area contributed by atoms with Crippen molar-refractivity contribution in [3.63, 3.8) is 0 Å². The summed E-state index contributed by atoms with van der Waals surface area (Å²) in [6.45, 7) is 1.75. The molecular weight excluding hydrogens is 356 g/mol. The number of rotatable bonds is 10. The number of benzene rings is 1. The Bertz CT molecular complexity index is 660. The van der Waals surface area contributed by atoms with E-state index in [1.54, 1.807) is 4.90 Å². The lowest BCUT2D eigenvalue weighted by Gasteiger charge is -2.21. The number of carbonyl (C=O) groups excluding carboxylic acids is 2. The largest absolute Gasteiger partial charge is 0.370 e. The zero-order chi connectivity index (χ0) is 20.4. The number of nitrogens with zero attached hydrogens (tertiary/aromatic N) is 2. The van der Waals surface area contributed by atoms with Crippen LogP contribution in [-0.2, 0) is 16.0 Å². The number of aliphatic imine (C=N–C) groups is 1. The van der Waals surface area contributed by atoms with Gasteiger partial charge in [-0.05, 0) is 31.2 Å². The number of carbonyl (C=O) groups is 2. The van der Waals surface area contributed by atoms with Crippen molar-refractivity contribution in [2.45, 2.75) is 50.6 Å². The van der Waals surface area contributed by atoms with E-state index < -0.39 is 6.04 Å². The maximum Gasteiger partial charge on any atom is 0.239 e. The van der Waals surface area contributed by atoms with Gasteiger partial charge in [0.25, 0.3) is 0 Å². The molecule has 0 bridgehead atoms. The quantitative estimate of drug-likeness (QED) is 0.256. The number of hydrogen-bond donors (Lipinski definition) is 4. The van der Waals surface area contributed by atoms with E-state index in [1.807, 2.05) is 30.3 Å². The highest BCUT2D eigenvalue weighted by Crippen LogP contribution is 2.13. The molecule has 2 rings (SSSR count). The van der Waals surface area contributed by atoms with E-state index >= 15 is 0 Å². The Kier molecular flexibility index (Phi) is 8.74. The fourth-order valence-corrected chi connectivity index (χ4v) is 3.35. The van der Waals surface area contributed by atoms with Gasteiger partial charge in [-0.15, -0.1) is 0 Å². The first-order valence-electron chi connectivity index (χ1n) is 9.88. The van der Waals surface area contributed by atoms with Crippen molar-refractivity contribution < 1.29 is 9.59 Å². The SMILES string of the molecule is NC(N)=NCCCCCC(=O)NC1CCN(C(=O)[C@@H](N)Cc2ccccc2)C1. The Morgan fingerprint density at radius 1 is 1.18 bits per heavy atom. The van der Waals surface area contributed by atoms with Gasteiger partial charge in [0, 0.05) is 32.1 Å². The second-order valence-corrected chi connectivity index (χ2v) is 7.25. The molecule has 0 radical (unpaired) electrons. The first-order valence-corrected chi connectivity index (χ1v) is 9.88. The smallest absolute Gasteiger partial charge is 0.239 e. The molecule has 0 aliphatic carbocycles. The van der Waals surface area contributed by atoms with Crippen LogP contribution in [0.15, 0.2) is 35.3 Å². The average Bonchev–Trinajstić information content (AvgIpc) is 3.12. The van der Waals surface area contributed by atoms with E-state index in [0.717, 1.165) is 31.2 Å². The van der Waals surface area contributed by atoms with Crippen LogP contribution < -0.4 is 22.5 Å². The molecule has 1 unspecified atom stereocenters. The van der Waals surface area contributed by atoms with Crippen molar-refractivity contribution in [2.75, 3.05) is 19.6 Å². The molecule has 0 aromatic heterocycles.